The maximum absolute atomic E-state index is 12.7. The summed E-state index contributed by atoms with van der Waals surface area (Å²) in [5.41, 5.74) is 2.93. The Morgan fingerprint density at radius 3 is 2.79 bits per heavy atom. The van der Waals surface area contributed by atoms with Crippen LogP contribution in [0.4, 0.5) is 5.13 Å². The first-order valence-corrected chi connectivity index (χ1v) is 10.6. The number of fused-ring (bicyclic) bond motifs is 1. The molecule has 1 aromatic heterocycles. The van der Waals surface area contributed by atoms with E-state index in [0.717, 1.165) is 54.5 Å². The standard InChI is InChI=1S/C22H25N3O2S/c1-16(7-8-17-5-3-2-4-6-17)23-21(26)18-9-10-19-20(15-18)28-22(24-19)25-11-13-27-14-12-25/h2-6,9-10,15-16H,7-8,11-14H2,1H3,(H,23,26)/t16-/m0/s1. The molecule has 1 aliphatic heterocycles. The Morgan fingerprint density at radius 2 is 2.00 bits per heavy atom. The first kappa shape index (κ1) is 18.9. The molecular formula is C22H25N3O2S. The van der Waals surface area contributed by atoms with Gasteiger partial charge in [-0.2, -0.15) is 0 Å². The number of aromatic nitrogens is 1. The summed E-state index contributed by atoms with van der Waals surface area (Å²) in [4.78, 5) is 19.6. The summed E-state index contributed by atoms with van der Waals surface area (Å²) in [5.74, 6) is -0.0243. The van der Waals surface area contributed by atoms with Crippen LogP contribution in [0, 0.1) is 0 Å². The molecular weight excluding hydrogens is 370 g/mol. The number of hydrogen-bond acceptors (Lipinski definition) is 5. The summed E-state index contributed by atoms with van der Waals surface area (Å²) in [6.45, 7) is 5.27. The van der Waals surface area contributed by atoms with Crippen molar-refractivity contribution < 1.29 is 9.53 Å². The van der Waals surface area contributed by atoms with E-state index in [4.69, 9.17) is 9.72 Å². The Morgan fingerprint density at radius 1 is 1.21 bits per heavy atom. The maximum atomic E-state index is 12.7. The molecule has 1 saturated heterocycles. The molecule has 146 valence electrons. The van der Waals surface area contributed by atoms with Crippen LogP contribution in [-0.2, 0) is 11.2 Å². The van der Waals surface area contributed by atoms with E-state index in [0.29, 0.717) is 5.56 Å². The Kier molecular flexibility index (Phi) is 5.88. The summed E-state index contributed by atoms with van der Waals surface area (Å²) in [5, 5.41) is 4.13. The minimum absolute atomic E-state index is 0.0243. The van der Waals surface area contributed by atoms with E-state index in [1.807, 2.05) is 36.4 Å². The third-order valence-electron chi connectivity index (χ3n) is 5.01. The number of benzene rings is 2. The van der Waals surface area contributed by atoms with Crippen LogP contribution in [0.15, 0.2) is 48.5 Å². The third kappa shape index (κ3) is 4.51. The van der Waals surface area contributed by atoms with Crippen LogP contribution < -0.4 is 10.2 Å². The molecule has 0 unspecified atom stereocenters. The molecule has 0 spiro atoms. The molecule has 4 rings (SSSR count). The zero-order valence-electron chi connectivity index (χ0n) is 16.1. The maximum Gasteiger partial charge on any atom is 0.251 e. The van der Waals surface area contributed by atoms with Crippen LogP contribution >= 0.6 is 11.3 Å². The SMILES string of the molecule is C[C@@H](CCc1ccccc1)NC(=O)c1ccc2nc(N3CCOCC3)sc2c1. The molecule has 1 amide bonds. The van der Waals surface area contributed by atoms with Crippen LogP contribution in [0.2, 0.25) is 0 Å². The summed E-state index contributed by atoms with van der Waals surface area (Å²) in [6, 6.07) is 16.3. The highest BCUT2D eigenvalue weighted by molar-refractivity contribution is 7.22. The van der Waals surface area contributed by atoms with Gasteiger partial charge in [0.15, 0.2) is 5.13 Å². The van der Waals surface area contributed by atoms with Gasteiger partial charge in [0.05, 0.1) is 23.4 Å². The Balaban J connectivity index is 1.39. The summed E-state index contributed by atoms with van der Waals surface area (Å²) < 4.78 is 6.46. The van der Waals surface area contributed by atoms with Gasteiger partial charge in [-0.1, -0.05) is 41.7 Å². The number of amides is 1. The van der Waals surface area contributed by atoms with Gasteiger partial charge in [0.1, 0.15) is 0 Å². The summed E-state index contributed by atoms with van der Waals surface area (Å²) in [7, 11) is 0. The summed E-state index contributed by atoms with van der Waals surface area (Å²) in [6.07, 6.45) is 1.87. The van der Waals surface area contributed by atoms with Gasteiger partial charge in [-0.25, -0.2) is 4.98 Å². The molecule has 3 aromatic rings. The highest BCUT2D eigenvalue weighted by Gasteiger charge is 2.17. The monoisotopic (exact) mass is 395 g/mol. The molecule has 0 bridgehead atoms. The largest absolute Gasteiger partial charge is 0.378 e. The molecule has 0 saturated carbocycles. The molecule has 6 heteroatoms. The predicted molar refractivity (Wildman–Crippen MR) is 114 cm³/mol. The summed E-state index contributed by atoms with van der Waals surface area (Å²) >= 11 is 1.64. The van der Waals surface area contributed by atoms with Crippen molar-refractivity contribution in [3.8, 4) is 0 Å². The molecule has 1 fully saturated rings. The highest BCUT2D eigenvalue weighted by atomic mass is 32.1. The van der Waals surface area contributed by atoms with E-state index < -0.39 is 0 Å². The lowest BCUT2D eigenvalue weighted by Crippen LogP contribution is -2.36. The molecule has 0 radical (unpaired) electrons. The van der Waals surface area contributed by atoms with E-state index in [9.17, 15) is 4.79 Å². The third-order valence-corrected chi connectivity index (χ3v) is 6.09. The van der Waals surface area contributed by atoms with Gasteiger partial charge >= 0.3 is 0 Å². The van der Waals surface area contributed by atoms with Crippen molar-refractivity contribution in [2.75, 3.05) is 31.2 Å². The molecule has 2 aromatic carbocycles. The minimum atomic E-state index is -0.0243. The van der Waals surface area contributed by atoms with Gasteiger partial charge in [-0.05, 0) is 43.5 Å². The average molecular weight is 396 g/mol. The van der Waals surface area contributed by atoms with Gasteiger partial charge in [0.25, 0.3) is 5.91 Å². The Labute approximate surface area is 169 Å². The van der Waals surface area contributed by atoms with Crippen molar-refractivity contribution in [1.29, 1.82) is 0 Å². The second-order valence-electron chi connectivity index (χ2n) is 7.18. The van der Waals surface area contributed by atoms with Crippen molar-refractivity contribution in [3.63, 3.8) is 0 Å². The van der Waals surface area contributed by atoms with Crippen molar-refractivity contribution in [1.82, 2.24) is 10.3 Å². The lowest BCUT2D eigenvalue weighted by atomic mass is 10.1. The zero-order valence-corrected chi connectivity index (χ0v) is 16.9. The lowest BCUT2D eigenvalue weighted by Gasteiger charge is -2.25. The van der Waals surface area contributed by atoms with Gasteiger partial charge in [-0.15, -0.1) is 0 Å². The van der Waals surface area contributed by atoms with Gasteiger partial charge in [0.2, 0.25) is 0 Å². The lowest BCUT2D eigenvalue weighted by molar-refractivity contribution is 0.0938. The number of carbonyl (C=O) groups excluding carboxylic acids is 1. The highest BCUT2D eigenvalue weighted by Crippen LogP contribution is 2.30. The van der Waals surface area contributed by atoms with E-state index in [1.165, 1.54) is 5.56 Å². The van der Waals surface area contributed by atoms with Crippen molar-refractivity contribution in [3.05, 3.63) is 59.7 Å². The number of morpholine rings is 1. The van der Waals surface area contributed by atoms with Crippen molar-refractivity contribution in [2.45, 2.75) is 25.8 Å². The fourth-order valence-electron chi connectivity index (χ4n) is 3.35. The number of carbonyl (C=O) groups is 1. The van der Waals surface area contributed by atoms with Crippen molar-refractivity contribution in [2.24, 2.45) is 0 Å². The number of rotatable bonds is 6. The fraction of sp³-hybridized carbons (Fsp3) is 0.364. The van der Waals surface area contributed by atoms with E-state index in [-0.39, 0.29) is 11.9 Å². The number of anilines is 1. The predicted octanol–water partition coefficient (Wildman–Crippen LogP) is 3.88. The molecule has 2 heterocycles. The van der Waals surface area contributed by atoms with Crippen molar-refractivity contribution >= 4 is 32.6 Å². The van der Waals surface area contributed by atoms with Crippen LogP contribution in [0.25, 0.3) is 10.2 Å². The second kappa shape index (κ2) is 8.71. The number of aryl methyl sites for hydroxylation is 1. The molecule has 0 aliphatic carbocycles. The molecule has 1 N–H and O–H groups in total. The molecule has 1 atom stereocenters. The van der Waals surface area contributed by atoms with E-state index in [2.05, 4.69) is 29.3 Å². The Hall–Kier alpha value is -2.44. The van der Waals surface area contributed by atoms with E-state index >= 15 is 0 Å². The van der Waals surface area contributed by atoms with Gasteiger partial charge in [-0.3, -0.25) is 4.79 Å². The first-order chi connectivity index (χ1) is 13.7. The molecule has 28 heavy (non-hydrogen) atoms. The topological polar surface area (TPSA) is 54.5 Å². The number of ether oxygens (including phenoxy) is 1. The van der Waals surface area contributed by atoms with Crippen LogP contribution in [-0.4, -0.2) is 43.2 Å². The second-order valence-corrected chi connectivity index (χ2v) is 8.19. The first-order valence-electron chi connectivity index (χ1n) is 9.77. The van der Waals surface area contributed by atoms with Crippen LogP contribution in [0.1, 0.15) is 29.3 Å². The fourth-order valence-corrected chi connectivity index (χ4v) is 4.41. The smallest absolute Gasteiger partial charge is 0.251 e. The number of nitrogens with one attached hydrogen (secondary N) is 1. The van der Waals surface area contributed by atoms with E-state index in [1.54, 1.807) is 11.3 Å². The number of nitrogens with zero attached hydrogens (tertiary/aromatic N) is 2. The zero-order chi connectivity index (χ0) is 19.3. The molecule has 5 nitrogen and oxygen atoms in total. The van der Waals surface area contributed by atoms with Gasteiger partial charge in [0, 0.05) is 24.7 Å². The Bertz CT molecular complexity index is 935. The molecule has 1 aliphatic rings. The number of hydrogen-bond donors (Lipinski definition) is 1. The normalized spacial score (nSPS) is 15.5. The van der Waals surface area contributed by atoms with Gasteiger partial charge < -0.3 is 15.0 Å². The average Bonchev–Trinajstić information content (AvgIpc) is 3.17. The number of thiazole rings is 1. The quantitative estimate of drug-likeness (QED) is 0.688. The van der Waals surface area contributed by atoms with Crippen LogP contribution in [0.3, 0.4) is 0 Å². The minimum Gasteiger partial charge on any atom is -0.378 e. The van der Waals surface area contributed by atoms with Crippen LogP contribution in [0.5, 0.6) is 0 Å².